The Morgan fingerprint density at radius 2 is 1.78 bits per heavy atom. The van der Waals surface area contributed by atoms with E-state index in [0.29, 0.717) is 11.5 Å². The van der Waals surface area contributed by atoms with E-state index >= 15 is 0 Å². The number of aromatic nitrogens is 2. The molecule has 6 nitrogen and oxygen atoms in total. The summed E-state index contributed by atoms with van der Waals surface area (Å²) in [5.74, 6) is 0.420. The summed E-state index contributed by atoms with van der Waals surface area (Å²) < 4.78 is 4.69. The number of carbonyl (C=O) groups excluding carboxylic acids is 1. The van der Waals surface area contributed by atoms with Crippen LogP contribution in [0.3, 0.4) is 0 Å². The third-order valence-corrected chi connectivity index (χ3v) is 3.43. The first-order valence-corrected chi connectivity index (χ1v) is 7.04. The van der Waals surface area contributed by atoms with Crippen molar-refractivity contribution in [3.05, 3.63) is 54.2 Å². The molecule has 0 bridgehead atoms. The van der Waals surface area contributed by atoms with Crippen LogP contribution >= 0.6 is 0 Å². The summed E-state index contributed by atoms with van der Waals surface area (Å²) >= 11 is 0. The second-order valence-electron chi connectivity index (χ2n) is 4.97. The summed E-state index contributed by atoms with van der Waals surface area (Å²) in [5.41, 5.74) is 1.35. The molecule has 23 heavy (non-hydrogen) atoms. The molecule has 0 aliphatic carbocycles. The van der Waals surface area contributed by atoms with Gasteiger partial charge in [-0.15, -0.1) is 5.10 Å². The van der Waals surface area contributed by atoms with Crippen LogP contribution in [0.15, 0.2) is 48.5 Å². The van der Waals surface area contributed by atoms with Gasteiger partial charge in [-0.05, 0) is 24.3 Å². The van der Waals surface area contributed by atoms with Crippen LogP contribution in [0.1, 0.15) is 5.69 Å². The average Bonchev–Trinajstić information content (AvgIpc) is 2.59. The van der Waals surface area contributed by atoms with E-state index in [-0.39, 0.29) is 18.1 Å². The van der Waals surface area contributed by atoms with Crippen LogP contribution in [0.5, 0.6) is 5.75 Å². The van der Waals surface area contributed by atoms with E-state index in [2.05, 4.69) is 15.5 Å². The minimum Gasteiger partial charge on any atom is -0.508 e. The summed E-state index contributed by atoms with van der Waals surface area (Å²) in [6.45, 7) is 0. The molecule has 0 unspecified atom stereocenters. The molecule has 0 amide bonds. The lowest BCUT2D eigenvalue weighted by Crippen LogP contribution is -2.08. The van der Waals surface area contributed by atoms with Crippen molar-refractivity contribution in [1.29, 1.82) is 0 Å². The highest BCUT2D eigenvalue weighted by Crippen LogP contribution is 2.26. The fraction of sp³-hybridized carbons (Fsp3) is 0.118. The first-order valence-electron chi connectivity index (χ1n) is 7.04. The zero-order chi connectivity index (χ0) is 16.2. The second kappa shape index (κ2) is 6.31. The maximum absolute atomic E-state index is 11.5. The molecule has 1 heterocycles. The molecule has 2 N–H and O–H groups in total. The average molecular weight is 309 g/mol. The SMILES string of the molecule is COC(=O)Cc1nnc(Nc2ccc(O)cc2)c2ccccc12. The number of esters is 1. The quantitative estimate of drug-likeness (QED) is 0.569. The van der Waals surface area contributed by atoms with E-state index in [4.69, 9.17) is 4.74 Å². The lowest BCUT2D eigenvalue weighted by molar-refractivity contribution is -0.139. The Morgan fingerprint density at radius 1 is 1.09 bits per heavy atom. The standard InChI is InChI=1S/C17H15N3O3/c1-23-16(22)10-15-13-4-2-3-5-14(13)17(20-19-15)18-11-6-8-12(21)9-7-11/h2-9,21H,10H2,1H3,(H,18,20). The fourth-order valence-electron chi connectivity index (χ4n) is 2.27. The fourth-order valence-corrected chi connectivity index (χ4v) is 2.27. The second-order valence-corrected chi connectivity index (χ2v) is 4.97. The number of anilines is 2. The molecule has 0 saturated carbocycles. The number of ether oxygens (including phenoxy) is 1. The normalized spacial score (nSPS) is 10.5. The Kier molecular flexibility index (Phi) is 4.05. The van der Waals surface area contributed by atoms with Crippen LogP contribution in [0, 0.1) is 0 Å². The van der Waals surface area contributed by atoms with Gasteiger partial charge in [0.15, 0.2) is 5.82 Å². The molecule has 116 valence electrons. The zero-order valence-electron chi connectivity index (χ0n) is 12.5. The van der Waals surface area contributed by atoms with Gasteiger partial charge >= 0.3 is 5.97 Å². The van der Waals surface area contributed by atoms with Gasteiger partial charge in [0.1, 0.15) is 5.75 Å². The predicted molar refractivity (Wildman–Crippen MR) is 86.6 cm³/mol. The molecule has 1 aromatic heterocycles. The van der Waals surface area contributed by atoms with Gasteiger partial charge in [0.25, 0.3) is 0 Å². The number of nitrogens with zero attached hydrogens (tertiary/aromatic N) is 2. The van der Waals surface area contributed by atoms with E-state index in [1.807, 2.05) is 24.3 Å². The minimum atomic E-state index is -0.358. The van der Waals surface area contributed by atoms with Crippen LogP contribution in [0.4, 0.5) is 11.5 Å². The van der Waals surface area contributed by atoms with Gasteiger partial charge in [-0.3, -0.25) is 4.79 Å². The number of nitrogens with one attached hydrogen (secondary N) is 1. The summed E-state index contributed by atoms with van der Waals surface area (Å²) in [6, 6.07) is 14.2. The van der Waals surface area contributed by atoms with Crippen molar-refractivity contribution >= 4 is 28.2 Å². The van der Waals surface area contributed by atoms with Crippen molar-refractivity contribution < 1.29 is 14.6 Å². The smallest absolute Gasteiger partial charge is 0.311 e. The van der Waals surface area contributed by atoms with Crippen LogP contribution in [-0.2, 0) is 16.0 Å². The van der Waals surface area contributed by atoms with Gasteiger partial charge in [-0.25, -0.2) is 0 Å². The number of methoxy groups -OCH3 is 1. The van der Waals surface area contributed by atoms with Gasteiger partial charge in [0, 0.05) is 16.5 Å². The molecule has 0 atom stereocenters. The molecule has 0 aliphatic heterocycles. The number of hydrogen-bond donors (Lipinski definition) is 2. The van der Waals surface area contributed by atoms with Crippen LogP contribution in [-0.4, -0.2) is 28.4 Å². The number of phenolic OH excluding ortho intramolecular Hbond substituents is 1. The Balaban J connectivity index is 2.00. The van der Waals surface area contributed by atoms with E-state index in [0.717, 1.165) is 16.5 Å². The molecule has 0 spiro atoms. The van der Waals surface area contributed by atoms with Crippen LogP contribution in [0.25, 0.3) is 10.8 Å². The Bertz CT molecular complexity index is 847. The zero-order valence-corrected chi connectivity index (χ0v) is 12.5. The predicted octanol–water partition coefficient (Wildman–Crippen LogP) is 2.79. The highest BCUT2D eigenvalue weighted by Gasteiger charge is 2.12. The monoisotopic (exact) mass is 309 g/mol. The van der Waals surface area contributed by atoms with E-state index in [1.54, 1.807) is 24.3 Å². The van der Waals surface area contributed by atoms with E-state index in [1.165, 1.54) is 7.11 Å². The van der Waals surface area contributed by atoms with Gasteiger partial charge in [-0.2, -0.15) is 5.10 Å². The molecular formula is C17H15N3O3. The molecular weight excluding hydrogens is 294 g/mol. The molecule has 0 radical (unpaired) electrons. The number of rotatable bonds is 4. The van der Waals surface area contributed by atoms with E-state index in [9.17, 15) is 9.90 Å². The van der Waals surface area contributed by atoms with Crippen molar-refractivity contribution in [2.45, 2.75) is 6.42 Å². The van der Waals surface area contributed by atoms with Crippen molar-refractivity contribution in [2.24, 2.45) is 0 Å². The molecule has 6 heteroatoms. The molecule has 0 fully saturated rings. The van der Waals surface area contributed by atoms with Crippen molar-refractivity contribution in [3.63, 3.8) is 0 Å². The Hall–Kier alpha value is -3.15. The third kappa shape index (κ3) is 3.21. The number of benzene rings is 2. The minimum absolute atomic E-state index is 0.0729. The largest absolute Gasteiger partial charge is 0.508 e. The number of fused-ring (bicyclic) bond motifs is 1. The number of carbonyl (C=O) groups is 1. The van der Waals surface area contributed by atoms with E-state index < -0.39 is 0 Å². The third-order valence-electron chi connectivity index (χ3n) is 3.43. The molecule has 3 aromatic rings. The van der Waals surface area contributed by atoms with Gasteiger partial charge in [0.05, 0.1) is 19.2 Å². The first-order chi connectivity index (χ1) is 11.2. The number of hydrogen-bond acceptors (Lipinski definition) is 6. The summed E-state index contributed by atoms with van der Waals surface area (Å²) in [6.07, 6.45) is 0.0729. The summed E-state index contributed by atoms with van der Waals surface area (Å²) in [4.78, 5) is 11.5. The van der Waals surface area contributed by atoms with Crippen molar-refractivity contribution in [1.82, 2.24) is 10.2 Å². The highest BCUT2D eigenvalue weighted by molar-refractivity contribution is 5.95. The highest BCUT2D eigenvalue weighted by atomic mass is 16.5. The molecule has 0 saturated heterocycles. The lowest BCUT2D eigenvalue weighted by Gasteiger charge is -2.10. The van der Waals surface area contributed by atoms with Crippen LogP contribution in [0.2, 0.25) is 0 Å². The maximum atomic E-state index is 11.5. The first kappa shape index (κ1) is 14.8. The maximum Gasteiger partial charge on any atom is 0.311 e. The Labute approximate surface area is 132 Å². The molecule has 3 rings (SSSR count). The summed E-state index contributed by atoms with van der Waals surface area (Å²) in [7, 11) is 1.35. The Morgan fingerprint density at radius 3 is 2.48 bits per heavy atom. The number of aromatic hydroxyl groups is 1. The van der Waals surface area contributed by atoms with Gasteiger partial charge in [-0.1, -0.05) is 24.3 Å². The topological polar surface area (TPSA) is 84.3 Å². The lowest BCUT2D eigenvalue weighted by atomic mass is 10.1. The van der Waals surface area contributed by atoms with Crippen molar-refractivity contribution in [3.8, 4) is 5.75 Å². The van der Waals surface area contributed by atoms with Crippen LogP contribution < -0.4 is 5.32 Å². The van der Waals surface area contributed by atoms with Gasteiger partial charge < -0.3 is 15.2 Å². The summed E-state index contributed by atoms with van der Waals surface area (Å²) in [5, 5.41) is 22.5. The molecule has 0 aliphatic rings. The van der Waals surface area contributed by atoms with Gasteiger partial charge in [0.2, 0.25) is 0 Å². The number of phenols is 1. The van der Waals surface area contributed by atoms with Crippen molar-refractivity contribution in [2.75, 3.05) is 12.4 Å². The molecule has 2 aromatic carbocycles.